The van der Waals surface area contributed by atoms with Crippen molar-refractivity contribution in [3.63, 3.8) is 0 Å². The second kappa shape index (κ2) is 6.93. The second-order valence-electron chi connectivity index (χ2n) is 5.47. The van der Waals surface area contributed by atoms with E-state index in [1.165, 1.54) is 0 Å². The topological polar surface area (TPSA) is 27.6 Å². The molecule has 112 valence electrons. The number of guanidine groups is 1. The molecule has 6 heteroatoms. The monoisotopic (exact) mass is 411 g/mol. The lowest BCUT2D eigenvalue weighted by atomic mass is 9.84. The van der Waals surface area contributed by atoms with Crippen LogP contribution in [0, 0.1) is 5.82 Å². The van der Waals surface area contributed by atoms with Gasteiger partial charge in [0, 0.05) is 25.6 Å². The number of hydrogen-bond donors (Lipinski definition) is 1. The van der Waals surface area contributed by atoms with Crippen LogP contribution >= 0.6 is 35.6 Å². The van der Waals surface area contributed by atoms with Gasteiger partial charge in [0.05, 0.1) is 11.6 Å². The molecular formula is C14H20ClFIN3. The molecule has 0 unspecified atom stereocenters. The summed E-state index contributed by atoms with van der Waals surface area (Å²) in [6, 6.07) is 5.13. The highest BCUT2D eigenvalue weighted by Gasteiger charge is 2.26. The highest BCUT2D eigenvalue weighted by Crippen LogP contribution is 2.29. The van der Waals surface area contributed by atoms with Gasteiger partial charge in [0.1, 0.15) is 5.82 Å². The van der Waals surface area contributed by atoms with Crippen molar-refractivity contribution in [1.82, 2.24) is 10.2 Å². The molecule has 0 amide bonds. The average Bonchev–Trinajstić information content (AvgIpc) is 2.76. The third kappa shape index (κ3) is 3.75. The number of nitrogens with zero attached hydrogens (tertiary/aromatic N) is 2. The summed E-state index contributed by atoms with van der Waals surface area (Å²) in [5.41, 5.74) is 0.259. The lowest BCUT2D eigenvalue weighted by Crippen LogP contribution is -2.42. The van der Waals surface area contributed by atoms with E-state index in [-0.39, 0.29) is 40.2 Å². The molecule has 1 aromatic rings. The maximum Gasteiger partial charge on any atom is 0.193 e. The predicted octanol–water partition coefficient (Wildman–Crippen LogP) is 3.27. The van der Waals surface area contributed by atoms with Crippen molar-refractivity contribution in [2.45, 2.75) is 19.3 Å². The van der Waals surface area contributed by atoms with E-state index in [9.17, 15) is 4.39 Å². The molecule has 0 saturated carbocycles. The van der Waals surface area contributed by atoms with Gasteiger partial charge in [-0.3, -0.25) is 4.99 Å². The SMILES string of the molecule is CN1CCN=C1NCC(C)(C)c1cccc(Cl)c1F.I. The standard InChI is InChI=1S/C14H19ClFN3.HI/c1-14(2,9-18-13-17-7-8-19(13)3)10-5-4-6-11(15)12(10)16;/h4-6H,7-9H2,1-3H3,(H,17,18);1H. The van der Waals surface area contributed by atoms with E-state index in [0.29, 0.717) is 12.1 Å². The van der Waals surface area contributed by atoms with E-state index < -0.39 is 0 Å². The highest BCUT2D eigenvalue weighted by atomic mass is 127. The van der Waals surface area contributed by atoms with E-state index in [0.717, 1.165) is 19.0 Å². The zero-order valence-electron chi connectivity index (χ0n) is 11.9. The molecule has 0 saturated heterocycles. The number of aliphatic imine (C=N–C) groups is 1. The number of likely N-dealkylation sites (N-methyl/N-ethyl adjacent to an activating group) is 1. The third-order valence-corrected chi connectivity index (χ3v) is 3.72. The number of hydrogen-bond acceptors (Lipinski definition) is 3. The number of benzene rings is 1. The normalized spacial score (nSPS) is 14.8. The molecule has 0 fully saturated rings. The third-order valence-electron chi connectivity index (χ3n) is 3.43. The molecule has 20 heavy (non-hydrogen) atoms. The minimum atomic E-state index is -0.360. The zero-order valence-corrected chi connectivity index (χ0v) is 15.0. The van der Waals surface area contributed by atoms with Crippen LogP contribution < -0.4 is 5.32 Å². The van der Waals surface area contributed by atoms with Crippen LogP contribution in [0.1, 0.15) is 19.4 Å². The Morgan fingerprint density at radius 2 is 2.15 bits per heavy atom. The average molecular weight is 412 g/mol. The van der Waals surface area contributed by atoms with E-state index in [2.05, 4.69) is 15.2 Å². The Kier molecular flexibility index (Phi) is 6.06. The summed E-state index contributed by atoms with van der Waals surface area (Å²) in [6.45, 7) is 6.32. The summed E-state index contributed by atoms with van der Waals surface area (Å²) in [5.74, 6) is 0.535. The lowest BCUT2D eigenvalue weighted by Gasteiger charge is -2.28. The Bertz CT molecular complexity index is 505. The molecule has 0 atom stereocenters. The van der Waals surface area contributed by atoms with E-state index in [1.54, 1.807) is 18.2 Å². The van der Waals surface area contributed by atoms with Crippen LogP contribution in [0.25, 0.3) is 0 Å². The predicted molar refractivity (Wildman–Crippen MR) is 92.8 cm³/mol. The van der Waals surface area contributed by atoms with Crippen LogP contribution in [-0.2, 0) is 5.41 Å². The quantitative estimate of drug-likeness (QED) is 0.773. The highest BCUT2D eigenvalue weighted by molar-refractivity contribution is 14.0. The van der Waals surface area contributed by atoms with Gasteiger partial charge in [-0.15, -0.1) is 24.0 Å². The summed E-state index contributed by atoms with van der Waals surface area (Å²) in [6.07, 6.45) is 0. The van der Waals surface area contributed by atoms with Gasteiger partial charge in [0.2, 0.25) is 0 Å². The molecule has 0 radical (unpaired) electrons. The Morgan fingerprint density at radius 1 is 1.45 bits per heavy atom. The van der Waals surface area contributed by atoms with Gasteiger partial charge in [-0.1, -0.05) is 37.6 Å². The smallest absolute Gasteiger partial charge is 0.193 e. The number of halogens is 3. The van der Waals surface area contributed by atoms with E-state index in [4.69, 9.17) is 11.6 Å². The van der Waals surface area contributed by atoms with Gasteiger partial charge in [0.25, 0.3) is 0 Å². The zero-order chi connectivity index (χ0) is 14.0. The first-order valence-electron chi connectivity index (χ1n) is 6.36. The first-order chi connectivity index (χ1) is 8.92. The van der Waals surface area contributed by atoms with Gasteiger partial charge < -0.3 is 10.2 Å². The van der Waals surface area contributed by atoms with Crippen molar-refractivity contribution in [2.24, 2.45) is 4.99 Å². The summed E-state index contributed by atoms with van der Waals surface area (Å²) in [4.78, 5) is 6.43. The molecule has 1 aliphatic rings. The maximum absolute atomic E-state index is 14.1. The van der Waals surface area contributed by atoms with Crippen molar-refractivity contribution >= 4 is 41.5 Å². The van der Waals surface area contributed by atoms with E-state index in [1.807, 2.05) is 20.9 Å². The fourth-order valence-corrected chi connectivity index (χ4v) is 2.32. The Labute approximate surface area is 141 Å². The van der Waals surface area contributed by atoms with Crippen LogP contribution in [0.2, 0.25) is 5.02 Å². The maximum atomic E-state index is 14.1. The van der Waals surface area contributed by atoms with Crippen molar-refractivity contribution in [1.29, 1.82) is 0 Å². The summed E-state index contributed by atoms with van der Waals surface area (Å²) in [7, 11) is 1.99. The van der Waals surface area contributed by atoms with Crippen molar-refractivity contribution < 1.29 is 4.39 Å². The number of rotatable bonds is 3. The summed E-state index contributed by atoms with van der Waals surface area (Å²) >= 11 is 5.84. The fraction of sp³-hybridized carbons (Fsp3) is 0.500. The van der Waals surface area contributed by atoms with Gasteiger partial charge in [-0.2, -0.15) is 0 Å². The van der Waals surface area contributed by atoms with Gasteiger partial charge >= 0.3 is 0 Å². The molecule has 1 aromatic carbocycles. The molecule has 1 heterocycles. The minimum Gasteiger partial charge on any atom is -0.355 e. The molecule has 2 rings (SSSR count). The Balaban J connectivity index is 0.00000200. The first kappa shape index (κ1) is 17.5. The van der Waals surface area contributed by atoms with Crippen molar-refractivity contribution in [2.75, 3.05) is 26.7 Å². The molecule has 0 aromatic heterocycles. The minimum absolute atomic E-state index is 0. The van der Waals surface area contributed by atoms with Crippen LogP contribution in [0.3, 0.4) is 0 Å². The summed E-state index contributed by atoms with van der Waals surface area (Å²) < 4.78 is 14.1. The van der Waals surface area contributed by atoms with Gasteiger partial charge in [-0.25, -0.2) is 4.39 Å². The molecule has 1 aliphatic heterocycles. The molecule has 0 bridgehead atoms. The van der Waals surface area contributed by atoms with E-state index >= 15 is 0 Å². The van der Waals surface area contributed by atoms with Gasteiger partial charge in [0.15, 0.2) is 5.96 Å². The van der Waals surface area contributed by atoms with Crippen molar-refractivity contribution in [3.05, 3.63) is 34.6 Å². The number of nitrogens with one attached hydrogen (secondary N) is 1. The molecular weight excluding hydrogens is 392 g/mol. The van der Waals surface area contributed by atoms with Crippen LogP contribution in [-0.4, -0.2) is 37.5 Å². The fourth-order valence-electron chi connectivity index (χ4n) is 2.15. The second-order valence-corrected chi connectivity index (χ2v) is 5.87. The van der Waals surface area contributed by atoms with Crippen molar-refractivity contribution in [3.8, 4) is 0 Å². The summed E-state index contributed by atoms with van der Waals surface area (Å²) in [5, 5.41) is 3.45. The van der Waals surface area contributed by atoms with Crippen LogP contribution in [0.15, 0.2) is 23.2 Å². The van der Waals surface area contributed by atoms with Gasteiger partial charge in [-0.05, 0) is 11.6 Å². The molecule has 0 spiro atoms. The van der Waals surface area contributed by atoms with Crippen LogP contribution in [0.4, 0.5) is 4.39 Å². The van der Waals surface area contributed by atoms with Crippen LogP contribution in [0.5, 0.6) is 0 Å². The largest absolute Gasteiger partial charge is 0.355 e. The molecule has 0 aliphatic carbocycles. The molecule has 3 nitrogen and oxygen atoms in total. The Hall–Kier alpha value is -0.560. The lowest BCUT2D eigenvalue weighted by molar-refractivity contribution is 0.458. The first-order valence-corrected chi connectivity index (χ1v) is 6.73. The molecule has 1 N–H and O–H groups in total. The Morgan fingerprint density at radius 3 is 2.75 bits per heavy atom.